The van der Waals surface area contributed by atoms with E-state index in [0.717, 1.165) is 19.2 Å². The molecular weight excluding hydrogens is 994 g/mol. The molecule has 0 bridgehead atoms. The van der Waals surface area contributed by atoms with E-state index in [0.29, 0.717) is 7.35 Å². The Hall–Kier alpha value is -2.19. The van der Waals surface area contributed by atoms with Gasteiger partial charge in [-0.15, -0.1) is 0 Å². The van der Waals surface area contributed by atoms with Crippen LogP contribution in [0.5, 0.6) is 0 Å². The van der Waals surface area contributed by atoms with Gasteiger partial charge in [-0.1, -0.05) is 0 Å². The first-order chi connectivity index (χ1) is 29.8. The fourth-order valence-corrected chi connectivity index (χ4v) is 49.8. The van der Waals surface area contributed by atoms with Gasteiger partial charge in [-0.2, -0.15) is 0 Å². The molecule has 3 saturated carbocycles. The van der Waals surface area contributed by atoms with Crippen molar-refractivity contribution in [2.75, 3.05) is 0 Å². The van der Waals surface area contributed by atoms with Crippen LogP contribution in [0.1, 0.15) is 212 Å². The first kappa shape index (κ1) is 49.2. The summed E-state index contributed by atoms with van der Waals surface area (Å²) < 4.78 is 3.43. The summed E-state index contributed by atoms with van der Waals surface area (Å²) >= 11 is -3.49. The molecule has 6 aliphatic rings. The number of rotatable bonds is 6. The van der Waals surface area contributed by atoms with Gasteiger partial charge in [0.05, 0.1) is 0 Å². The van der Waals surface area contributed by atoms with Crippen LogP contribution in [0.3, 0.4) is 0 Å². The number of hydrogen-bond donors (Lipinski definition) is 0. The molecule has 4 unspecified atom stereocenters. The van der Waals surface area contributed by atoms with Crippen molar-refractivity contribution in [3.8, 4) is 22.3 Å². The average Bonchev–Trinajstić information content (AvgIpc) is 3.90. The van der Waals surface area contributed by atoms with Crippen LogP contribution in [-0.2, 0) is 41.6 Å². The first-order valence-corrected chi connectivity index (χ1v) is 34.1. The molecule has 4 aromatic rings. The Labute approximate surface area is 412 Å². The summed E-state index contributed by atoms with van der Waals surface area (Å²) in [5.41, 5.74) is 22.7. The minimum atomic E-state index is -3.49. The Morgan fingerprint density at radius 3 is 1.02 bits per heavy atom. The number of allylic oxidation sites excluding steroid dienone is 2. The molecule has 346 valence electrons. The van der Waals surface area contributed by atoms with E-state index in [4.69, 9.17) is 0 Å². The smallest absolute Gasteiger partial charge is 1.00 e. The van der Waals surface area contributed by atoms with E-state index in [1.807, 2.05) is 11.1 Å². The molecule has 0 aromatic heterocycles. The van der Waals surface area contributed by atoms with Crippen LogP contribution in [0.4, 0.5) is 0 Å². The average molecular weight is 1070 g/mol. The zero-order valence-corrected chi connectivity index (χ0v) is 47.4. The van der Waals surface area contributed by atoms with Crippen molar-refractivity contribution in [1.29, 1.82) is 0 Å². The summed E-state index contributed by atoms with van der Waals surface area (Å²) in [6.45, 7) is 28.8. The van der Waals surface area contributed by atoms with E-state index in [1.165, 1.54) is 122 Å². The zero-order valence-electron chi connectivity index (χ0n) is 42.3. The van der Waals surface area contributed by atoms with Crippen LogP contribution >= 0.6 is 0 Å². The minimum Gasteiger partial charge on any atom is -1.00 e. The molecule has 4 atom stereocenters. The summed E-state index contributed by atoms with van der Waals surface area (Å²) in [6.07, 6.45) is 22.9. The van der Waals surface area contributed by atoms with E-state index >= 15 is 0 Å². The Balaban J connectivity index is 0.00000288. The second-order valence-corrected chi connectivity index (χ2v) is 42.5. The second kappa shape index (κ2) is 17.6. The maximum absolute atomic E-state index is 3.49. The summed E-state index contributed by atoms with van der Waals surface area (Å²) in [7, 11) is 0. The molecule has 0 radical (unpaired) electrons. The largest absolute Gasteiger partial charge is 1.00 e. The van der Waals surface area contributed by atoms with Crippen molar-refractivity contribution >= 4 is 12.2 Å². The van der Waals surface area contributed by atoms with Gasteiger partial charge in [-0.25, -0.2) is 0 Å². The molecule has 10 rings (SSSR count). The van der Waals surface area contributed by atoms with Crippen molar-refractivity contribution in [3.63, 3.8) is 0 Å². The van der Waals surface area contributed by atoms with Gasteiger partial charge in [-0.3, -0.25) is 0 Å². The Bertz CT molecular complexity index is 2250. The number of hydrogen-bond acceptors (Lipinski definition) is 0. The molecule has 4 fully saturated rings. The van der Waals surface area contributed by atoms with Gasteiger partial charge < -0.3 is 24.8 Å². The minimum absolute atomic E-state index is 0. The van der Waals surface area contributed by atoms with Crippen LogP contribution in [0.25, 0.3) is 34.4 Å². The van der Waals surface area contributed by atoms with Gasteiger partial charge in [0.2, 0.25) is 0 Å². The maximum Gasteiger partial charge on any atom is -1.00 e. The van der Waals surface area contributed by atoms with Crippen molar-refractivity contribution in [1.82, 2.24) is 0 Å². The van der Waals surface area contributed by atoms with Crippen LogP contribution in [0, 0.1) is 11.8 Å². The molecule has 1 aliphatic heterocycles. The maximum atomic E-state index is 2.88. The Morgan fingerprint density at radius 1 is 0.400 bits per heavy atom. The van der Waals surface area contributed by atoms with Crippen molar-refractivity contribution in [3.05, 3.63) is 128 Å². The molecule has 0 nitrogen and oxygen atoms in total. The topological polar surface area (TPSA) is 0 Å². The molecule has 0 spiro atoms. The Kier molecular flexibility index (Phi) is 13.4. The molecule has 4 aromatic carbocycles. The summed E-state index contributed by atoms with van der Waals surface area (Å²) in [5.74, 6) is 1.51. The van der Waals surface area contributed by atoms with E-state index in [9.17, 15) is 0 Å². The van der Waals surface area contributed by atoms with Crippen LogP contribution in [0.2, 0.25) is 7.35 Å². The van der Waals surface area contributed by atoms with Gasteiger partial charge in [0.15, 0.2) is 0 Å². The monoisotopic (exact) mass is 1070 g/mol. The third-order valence-electron chi connectivity index (χ3n) is 17.7. The van der Waals surface area contributed by atoms with Gasteiger partial charge in [0.1, 0.15) is 0 Å². The molecule has 0 N–H and O–H groups in total. The summed E-state index contributed by atoms with van der Waals surface area (Å²) in [6, 6.07) is 30.7. The van der Waals surface area contributed by atoms with Gasteiger partial charge in [0.25, 0.3) is 0 Å². The normalized spacial score (nSPS) is 24.6. The third-order valence-corrected chi connectivity index (χ3v) is 42.4. The molecule has 1 saturated heterocycles. The van der Waals surface area contributed by atoms with Gasteiger partial charge >= 0.3 is 391 Å². The van der Waals surface area contributed by atoms with Crippen molar-refractivity contribution in [2.45, 2.75) is 196 Å². The number of fused-ring (bicyclic) bond motifs is 3. The quantitative estimate of drug-likeness (QED) is 0.169. The van der Waals surface area contributed by atoms with E-state index < -0.39 is 20.0 Å². The van der Waals surface area contributed by atoms with Crippen LogP contribution in [-0.4, -0.2) is 0 Å². The fraction of sp³-hybridized carbons (Fsp3) is 0.548. The second-order valence-electron chi connectivity index (χ2n) is 25.8. The summed E-state index contributed by atoms with van der Waals surface area (Å²) in [4.78, 5) is 0. The van der Waals surface area contributed by atoms with Crippen LogP contribution < -0.4 is 24.8 Å². The predicted octanol–water partition coefficient (Wildman–Crippen LogP) is 12.5. The van der Waals surface area contributed by atoms with Crippen molar-refractivity contribution < 1.29 is 44.8 Å². The molecule has 5 aliphatic carbocycles. The molecular formula is C62H80Cl2Hf. The Morgan fingerprint density at radius 2 is 0.708 bits per heavy atom. The van der Waals surface area contributed by atoms with E-state index in [1.54, 1.807) is 22.3 Å². The standard InChI is InChI=1S/2C28H35.C6H10.2ClH.Hf/c2*1-27(2,3)23-15-22(16-24(18-23)28(4,5)6)25-13-9-12-20-14-21(17-26(20)25)19-10-7-8-11-19;1-2-4-6-5-3-1;;;/h2*9,12-19H,7-8,10-11H2,1-6H3;1-2H,3-6H2;2*1H;/q;;;;;+2/p-2. The molecule has 3 heteroatoms. The number of halogens is 2. The zero-order chi connectivity index (χ0) is 44.4. The van der Waals surface area contributed by atoms with E-state index in [-0.39, 0.29) is 46.5 Å². The summed E-state index contributed by atoms with van der Waals surface area (Å²) in [5, 5.41) is 0. The SMILES string of the molecule is CC(C)(C)c1cc(-c2cccc3c2C=C(C2CCCC2)[CH]3[Hf+2]2([CH]3C(C4CCCC4)=Cc4c(-c5cc(C(C)(C)C)cc(C(C)(C)C)c5)cccc43)[CH]3CCCC[CH]32)cc(C(C)(C)C)c1.[Cl-].[Cl-]. The van der Waals surface area contributed by atoms with Gasteiger partial charge in [-0.05, 0) is 0 Å². The van der Waals surface area contributed by atoms with Gasteiger partial charge in [0, 0.05) is 0 Å². The number of benzene rings is 4. The third kappa shape index (κ3) is 8.55. The molecule has 0 amide bonds. The van der Waals surface area contributed by atoms with Crippen LogP contribution in [0.15, 0.2) is 83.9 Å². The first-order valence-electron chi connectivity index (χ1n) is 25.8. The van der Waals surface area contributed by atoms with E-state index in [2.05, 4.69) is 168 Å². The molecule has 65 heavy (non-hydrogen) atoms. The molecule has 1 heterocycles. The fourth-order valence-electron chi connectivity index (χ4n) is 14.2. The van der Waals surface area contributed by atoms with Crippen molar-refractivity contribution in [2.24, 2.45) is 11.8 Å². The predicted molar refractivity (Wildman–Crippen MR) is 270 cm³/mol.